The van der Waals surface area contributed by atoms with E-state index in [1.54, 1.807) is 4.90 Å². The SMILES string of the molecule is Nc1[nH]c(=O)ncc1N1CCN(C(=O)c2ccn(-c3ccc(F)cc3F)n2)CC1. The average Bonchev–Trinajstić information content (AvgIpc) is 3.17. The summed E-state index contributed by atoms with van der Waals surface area (Å²) in [6.07, 6.45) is 2.86. The number of piperazine rings is 1. The first kappa shape index (κ1) is 18.6. The molecular formula is C18H17F2N7O2. The van der Waals surface area contributed by atoms with E-state index in [1.165, 1.54) is 29.2 Å². The van der Waals surface area contributed by atoms with E-state index in [0.717, 1.165) is 12.1 Å². The molecule has 0 spiro atoms. The predicted molar refractivity (Wildman–Crippen MR) is 101 cm³/mol. The smallest absolute Gasteiger partial charge is 0.346 e. The van der Waals surface area contributed by atoms with E-state index in [9.17, 15) is 18.4 Å². The van der Waals surface area contributed by atoms with Crippen LogP contribution in [0, 0.1) is 11.6 Å². The molecule has 11 heteroatoms. The van der Waals surface area contributed by atoms with Gasteiger partial charge < -0.3 is 15.5 Å². The first-order valence-electron chi connectivity index (χ1n) is 8.82. The van der Waals surface area contributed by atoms with E-state index in [1.807, 2.05) is 4.90 Å². The van der Waals surface area contributed by atoms with Crippen molar-refractivity contribution in [1.82, 2.24) is 24.6 Å². The lowest BCUT2D eigenvalue weighted by atomic mass is 10.2. The van der Waals surface area contributed by atoms with Crippen LogP contribution >= 0.6 is 0 Å². The molecule has 1 aliphatic heterocycles. The number of halogens is 2. The van der Waals surface area contributed by atoms with Gasteiger partial charge in [-0.3, -0.25) is 9.78 Å². The van der Waals surface area contributed by atoms with Crippen LogP contribution in [0.1, 0.15) is 10.5 Å². The zero-order chi connectivity index (χ0) is 20.5. The lowest BCUT2D eigenvalue weighted by Gasteiger charge is -2.35. The monoisotopic (exact) mass is 401 g/mol. The molecule has 0 bridgehead atoms. The summed E-state index contributed by atoms with van der Waals surface area (Å²) in [5.41, 5.74) is 6.13. The van der Waals surface area contributed by atoms with Crippen LogP contribution in [0.15, 0.2) is 41.5 Å². The predicted octanol–water partition coefficient (Wildman–Crippen LogP) is 0.778. The Labute approximate surface area is 163 Å². The van der Waals surface area contributed by atoms with Gasteiger partial charge in [0.25, 0.3) is 5.91 Å². The fraction of sp³-hybridized carbons (Fsp3) is 0.222. The maximum Gasteiger partial charge on any atom is 0.346 e. The highest BCUT2D eigenvalue weighted by Crippen LogP contribution is 2.20. The standard InChI is InChI=1S/C18H17F2N7O2/c19-11-1-2-14(12(20)9-11)27-4-3-13(24-27)17(28)26-7-5-25(6-8-26)15-10-22-18(29)23-16(15)21/h1-4,9-10H,5-8H2,(H3,21,22,23,29). The number of benzene rings is 1. The summed E-state index contributed by atoms with van der Waals surface area (Å²) in [7, 11) is 0. The highest BCUT2D eigenvalue weighted by atomic mass is 19.1. The second-order valence-electron chi connectivity index (χ2n) is 6.51. The summed E-state index contributed by atoms with van der Waals surface area (Å²) in [6, 6.07) is 4.63. The number of nitrogens with one attached hydrogen (secondary N) is 1. The Morgan fingerprint density at radius 3 is 2.55 bits per heavy atom. The number of aromatic nitrogens is 4. The van der Waals surface area contributed by atoms with Gasteiger partial charge in [-0.25, -0.2) is 18.3 Å². The minimum atomic E-state index is -0.771. The van der Waals surface area contributed by atoms with Crippen molar-refractivity contribution in [2.45, 2.75) is 0 Å². The normalized spacial score (nSPS) is 14.3. The second kappa shape index (κ2) is 7.34. The molecule has 4 rings (SSSR count). The Hall–Kier alpha value is -3.76. The Kier molecular flexibility index (Phi) is 4.71. The number of rotatable bonds is 3. The lowest BCUT2D eigenvalue weighted by Crippen LogP contribution is -2.49. The van der Waals surface area contributed by atoms with Gasteiger partial charge >= 0.3 is 5.69 Å². The number of nitrogen functional groups attached to an aromatic ring is 1. The zero-order valence-electron chi connectivity index (χ0n) is 15.2. The third-order valence-electron chi connectivity index (χ3n) is 4.69. The largest absolute Gasteiger partial charge is 0.383 e. The summed E-state index contributed by atoms with van der Waals surface area (Å²) in [5.74, 6) is -1.53. The van der Waals surface area contributed by atoms with E-state index in [2.05, 4.69) is 15.1 Å². The molecule has 3 heterocycles. The highest BCUT2D eigenvalue weighted by molar-refractivity contribution is 5.92. The van der Waals surface area contributed by atoms with Crippen molar-refractivity contribution in [3.05, 3.63) is 64.5 Å². The molecule has 1 fully saturated rings. The van der Waals surface area contributed by atoms with Gasteiger partial charge in [0.05, 0.1) is 11.9 Å². The third-order valence-corrected chi connectivity index (χ3v) is 4.69. The van der Waals surface area contributed by atoms with Crippen molar-refractivity contribution in [3.8, 4) is 5.69 Å². The van der Waals surface area contributed by atoms with Gasteiger partial charge in [0.1, 0.15) is 17.3 Å². The maximum atomic E-state index is 13.9. The molecule has 0 aliphatic carbocycles. The molecule has 0 unspecified atom stereocenters. The number of nitrogens with zero attached hydrogens (tertiary/aromatic N) is 5. The fourth-order valence-corrected chi connectivity index (χ4v) is 3.20. The summed E-state index contributed by atoms with van der Waals surface area (Å²) in [6.45, 7) is 1.82. The van der Waals surface area contributed by atoms with E-state index in [4.69, 9.17) is 5.73 Å². The lowest BCUT2D eigenvalue weighted by molar-refractivity contribution is 0.0740. The molecule has 29 heavy (non-hydrogen) atoms. The second-order valence-corrected chi connectivity index (χ2v) is 6.51. The number of aromatic amines is 1. The van der Waals surface area contributed by atoms with Crippen LogP contribution in [0.25, 0.3) is 5.69 Å². The minimum absolute atomic E-state index is 0.0521. The number of H-pyrrole nitrogens is 1. The zero-order valence-corrected chi connectivity index (χ0v) is 15.2. The number of carbonyl (C=O) groups is 1. The third kappa shape index (κ3) is 3.66. The van der Waals surface area contributed by atoms with Crippen molar-refractivity contribution in [2.24, 2.45) is 0 Å². The molecule has 2 aromatic heterocycles. The van der Waals surface area contributed by atoms with E-state index in [-0.39, 0.29) is 23.1 Å². The van der Waals surface area contributed by atoms with Crippen LogP contribution in [0.4, 0.5) is 20.3 Å². The molecule has 0 saturated carbocycles. The summed E-state index contributed by atoms with van der Waals surface area (Å²) >= 11 is 0. The van der Waals surface area contributed by atoms with E-state index in [0.29, 0.717) is 31.9 Å². The number of anilines is 2. The molecule has 1 saturated heterocycles. The number of nitrogens with two attached hydrogens (primary N) is 1. The van der Waals surface area contributed by atoms with Crippen LogP contribution < -0.4 is 16.3 Å². The van der Waals surface area contributed by atoms with Crippen molar-refractivity contribution in [3.63, 3.8) is 0 Å². The van der Waals surface area contributed by atoms with Crippen molar-refractivity contribution >= 4 is 17.4 Å². The molecule has 1 aliphatic rings. The van der Waals surface area contributed by atoms with Crippen LogP contribution in [0.2, 0.25) is 0 Å². The summed E-state index contributed by atoms with van der Waals surface area (Å²) < 4.78 is 28.2. The van der Waals surface area contributed by atoms with Crippen molar-refractivity contribution in [2.75, 3.05) is 36.8 Å². The van der Waals surface area contributed by atoms with Crippen LogP contribution in [-0.4, -0.2) is 56.7 Å². The van der Waals surface area contributed by atoms with Crippen molar-refractivity contribution in [1.29, 1.82) is 0 Å². The van der Waals surface area contributed by atoms with Crippen LogP contribution in [-0.2, 0) is 0 Å². The molecule has 0 atom stereocenters. The highest BCUT2D eigenvalue weighted by Gasteiger charge is 2.25. The van der Waals surface area contributed by atoms with Gasteiger partial charge in [0.2, 0.25) is 0 Å². The molecule has 9 nitrogen and oxygen atoms in total. The Morgan fingerprint density at radius 2 is 1.86 bits per heavy atom. The fourth-order valence-electron chi connectivity index (χ4n) is 3.20. The maximum absolute atomic E-state index is 13.9. The van der Waals surface area contributed by atoms with E-state index < -0.39 is 17.3 Å². The number of hydrogen-bond donors (Lipinski definition) is 2. The molecule has 3 N–H and O–H groups in total. The number of amides is 1. The van der Waals surface area contributed by atoms with Gasteiger partial charge in [0.15, 0.2) is 11.5 Å². The van der Waals surface area contributed by atoms with Gasteiger partial charge in [-0.15, -0.1) is 0 Å². The van der Waals surface area contributed by atoms with Gasteiger partial charge in [-0.2, -0.15) is 10.1 Å². The average molecular weight is 401 g/mol. The van der Waals surface area contributed by atoms with Gasteiger partial charge in [-0.05, 0) is 18.2 Å². The van der Waals surface area contributed by atoms with Gasteiger partial charge in [0, 0.05) is 38.4 Å². The molecule has 0 radical (unpaired) electrons. The summed E-state index contributed by atoms with van der Waals surface area (Å²) in [5, 5.41) is 4.13. The Morgan fingerprint density at radius 1 is 1.10 bits per heavy atom. The Bertz CT molecular complexity index is 1120. The Balaban J connectivity index is 1.45. The topological polar surface area (TPSA) is 113 Å². The molecule has 1 amide bonds. The summed E-state index contributed by atoms with van der Waals surface area (Å²) in [4.78, 5) is 33.6. The van der Waals surface area contributed by atoms with Crippen molar-refractivity contribution < 1.29 is 13.6 Å². The van der Waals surface area contributed by atoms with Gasteiger partial charge in [-0.1, -0.05) is 0 Å². The quantitative estimate of drug-likeness (QED) is 0.671. The molecule has 150 valence electrons. The van der Waals surface area contributed by atoms with Crippen LogP contribution in [0.5, 0.6) is 0 Å². The minimum Gasteiger partial charge on any atom is -0.383 e. The number of carbonyl (C=O) groups excluding carboxylic acids is 1. The first-order valence-corrected chi connectivity index (χ1v) is 8.82. The molecule has 3 aromatic rings. The van der Waals surface area contributed by atoms with E-state index >= 15 is 0 Å². The first-order chi connectivity index (χ1) is 13.9. The molecular weight excluding hydrogens is 384 g/mol. The molecule has 1 aromatic carbocycles. The number of hydrogen-bond acceptors (Lipinski definition) is 6. The van der Waals surface area contributed by atoms with Crippen LogP contribution in [0.3, 0.4) is 0 Å².